The second kappa shape index (κ2) is 7.95. The first-order valence-corrected chi connectivity index (χ1v) is 7.80. The Labute approximate surface area is 140 Å². The average molecular weight is 357 g/mol. The zero-order chi connectivity index (χ0) is 17.6. The number of amides is 1. The van der Waals surface area contributed by atoms with Gasteiger partial charge in [-0.2, -0.15) is 13.2 Å². The van der Waals surface area contributed by atoms with Crippen molar-refractivity contribution in [2.45, 2.75) is 17.9 Å². The maximum Gasteiger partial charge on any atom is 0.406 e. The van der Waals surface area contributed by atoms with E-state index in [1.165, 1.54) is 18.5 Å². The predicted molar refractivity (Wildman–Crippen MR) is 83.2 cm³/mol. The second-order valence-electron chi connectivity index (χ2n) is 4.62. The molecule has 24 heavy (non-hydrogen) atoms. The lowest BCUT2D eigenvalue weighted by Crippen LogP contribution is -2.25. The molecule has 0 aliphatic rings. The van der Waals surface area contributed by atoms with Gasteiger partial charge in [-0.3, -0.25) is 14.3 Å². The van der Waals surface area contributed by atoms with Crippen molar-refractivity contribution in [2.24, 2.45) is 0 Å². The molecule has 128 valence electrons. The van der Waals surface area contributed by atoms with Gasteiger partial charge in [0.25, 0.3) is 0 Å². The molecule has 0 spiro atoms. The van der Waals surface area contributed by atoms with Gasteiger partial charge in [0.05, 0.1) is 5.75 Å². The minimum Gasteiger partial charge on any atom is -0.352 e. The fourth-order valence-electron chi connectivity index (χ4n) is 1.80. The molecule has 0 saturated heterocycles. The molecule has 0 aliphatic heterocycles. The summed E-state index contributed by atoms with van der Waals surface area (Å²) in [6.45, 7) is 2.51. The Balaban J connectivity index is 2.23. The molecule has 0 aromatic carbocycles. The molecule has 2 aromatic heterocycles. The minimum atomic E-state index is -4.44. The second-order valence-corrected chi connectivity index (χ2v) is 5.57. The van der Waals surface area contributed by atoms with Gasteiger partial charge in [-0.05, 0) is 12.1 Å². The molecule has 0 saturated carbocycles. The molecule has 0 radical (unpaired) electrons. The summed E-state index contributed by atoms with van der Waals surface area (Å²) in [7, 11) is 0. The van der Waals surface area contributed by atoms with E-state index in [0.717, 1.165) is 16.3 Å². The van der Waals surface area contributed by atoms with Crippen LogP contribution in [0.5, 0.6) is 0 Å². The number of pyridine rings is 1. The number of rotatable bonds is 7. The smallest absolute Gasteiger partial charge is 0.352 e. The number of nitrogens with one attached hydrogen (secondary N) is 1. The Hall–Kier alpha value is -2.36. The van der Waals surface area contributed by atoms with Crippen LogP contribution in [-0.2, 0) is 11.3 Å². The van der Waals surface area contributed by atoms with Gasteiger partial charge >= 0.3 is 6.18 Å². The van der Waals surface area contributed by atoms with Gasteiger partial charge in [-0.25, -0.2) is 0 Å². The largest absolute Gasteiger partial charge is 0.406 e. The van der Waals surface area contributed by atoms with E-state index < -0.39 is 12.7 Å². The van der Waals surface area contributed by atoms with Gasteiger partial charge in [-0.1, -0.05) is 17.8 Å². The van der Waals surface area contributed by atoms with Crippen LogP contribution in [0.2, 0.25) is 0 Å². The van der Waals surface area contributed by atoms with Gasteiger partial charge in [0, 0.05) is 24.5 Å². The molecule has 2 aromatic rings. The fraction of sp³-hybridized carbons (Fsp3) is 0.286. The van der Waals surface area contributed by atoms with Crippen molar-refractivity contribution in [3.63, 3.8) is 0 Å². The molecule has 2 rings (SSSR count). The summed E-state index contributed by atoms with van der Waals surface area (Å²) in [5, 5.41) is 10.2. The average Bonchev–Trinajstić information content (AvgIpc) is 2.92. The number of hydrogen-bond acceptors (Lipinski definition) is 5. The van der Waals surface area contributed by atoms with E-state index in [2.05, 4.69) is 27.1 Å². The molecule has 0 aliphatic carbocycles. The van der Waals surface area contributed by atoms with Crippen molar-refractivity contribution < 1.29 is 18.0 Å². The monoisotopic (exact) mass is 357 g/mol. The SMILES string of the molecule is C=CCNC(=O)CSc1nnc(-c2ccncc2)n1CC(F)(F)F. The highest BCUT2D eigenvalue weighted by Crippen LogP contribution is 2.28. The van der Waals surface area contributed by atoms with Crippen molar-refractivity contribution in [3.05, 3.63) is 37.2 Å². The van der Waals surface area contributed by atoms with Crippen LogP contribution in [-0.4, -0.2) is 44.1 Å². The summed E-state index contributed by atoms with van der Waals surface area (Å²) >= 11 is 0.889. The normalized spacial score (nSPS) is 11.3. The van der Waals surface area contributed by atoms with Crippen LogP contribution < -0.4 is 5.32 Å². The molecule has 6 nitrogen and oxygen atoms in total. The molecule has 0 atom stereocenters. The number of carbonyl (C=O) groups is 1. The van der Waals surface area contributed by atoms with Crippen LogP contribution in [0.25, 0.3) is 11.4 Å². The van der Waals surface area contributed by atoms with Gasteiger partial charge in [-0.15, -0.1) is 16.8 Å². The third-order valence-electron chi connectivity index (χ3n) is 2.77. The van der Waals surface area contributed by atoms with Gasteiger partial charge < -0.3 is 5.32 Å². The number of aromatic nitrogens is 4. The Bertz CT molecular complexity index is 702. The van der Waals surface area contributed by atoms with Gasteiger partial charge in [0.15, 0.2) is 11.0 Å². The molecule has 10 heteroatoms. The number of thioether (sulfide) groups is 1. The summed E-state index contributed by atoms with van der Waals surface area (Å²) in [5.74, 6) is -0.323. The van der Waals surface area contributed by atoms with Crippen molar-refractivity contribution in [3.8, 4) is 11.4 Å². The fourth-order valence-corrected chi connectivity index (χ4v) is 2.57. The number of carbonyl (C=O) groups excluding carboxylic acids is 1. The summed E-state index contributed by atoms with van der Waals surface area (Å²) in [4.78, 5) is 15.4. The van der Waals surface area contributed by atoms with E-state index in [1.807, 2.05) is 0 Å². The number of alkyl halides is 3. The Kier molecular flexibility index (Phi) is 5.96. The highest BCUT2D eigenvalue weighted by molar-refractivity contribution is 7.99. The van der Waals surface area contributed by atoms with E-state index in [1.54, 1.807) is 12.1 Å². The third kappa shape index (κ3) is 5.08. The van der Waals surface area contributed by atoms with E-state index in [0.29, 0.717) is 5.56 Å². The maximum atomic E-state index is 12.9. The summed E-state index contributed by atoms with van der Waals surface area (Å²) in [6, 6.07) is 3.09. The lowest BCUT2D eigenvalue weighted by molar-refractivity contribution is -0.141. The molecule has 0 bridgehead atoms. The summed E-state index contributed by atoms with van der Waals surface area (Å²) < 4.78 is 39.6. The first-order chi connectivity index (χ1) is 11.4. The lowest BCUT2D eigenvalue weighted by Gasteiger charge is -2.12. The first-order valence-electron chi connectivity index (χ1n) is 6.81. The molecular formula is C14H14F3N5OS. The molecule has 0 fully saturated rings. The van der Waals surface area contributed by atoms with Crippen LogP contribution in [0.15, 0.2) is 42.3 Å². The predicted octanol–water partition coefficient (Wildman–Crippen LogP) is 2.30. The molecule has 0 unspecified atom stereocenters. The zero-order valence-electron chi connectivity index (χ0n) is 12.5. The highest BCUT2D eigenvalue weighted by Gasteiger charge is 2.31. The van der Waals surface area contributed by atoms with E-state index in [-0.39, 0.29) is 29.2 Å². The summed E-state index contributed by atoms with van der Waals surface area (Å²) in [5.41, 5.74) is 0.463. The van der Waals surface area contributed by atoms with Gasteiger partial charge in [0.2, 0.25) is 5.91 Å². The lowest BCUT2D eigenvalue weighted by atomic mass is 10.2. The standard InChI is InChI=1S/C14H14F3N5OS/c1-2-5-19-11(23)8-24-13-21-20-12(10-3-6-18-7-4-10)22(13)9-14(15,16)17/h2-4,6-7H,1,5,8-9H2,(H,19,23). The molecular weight excluding hydrogens is 343 g/mol. The zero-order valence-corrected chi connectivity index (χ0v) is 13.3. The maximum absolute atomic E-state index is 12.9. The van der Waals surface area contributed by atoms with Crippen LogP contribution in [0, 0.1) is 0 Å². The van der Waals surface area contributed by atoms with Crippen molar-refractivity contribution in [2.75, 3.05) is 12.3 Å². The number of halogens is 3. The minimum absolute atomic E-state index is 0.0212. The molecule has 1 amide bonds. The number of hydrogen-bond donors (Lipinski definition) is 1. The topological polar surface area (TPSA) is 72.7 Å². The Morgan fingerprint density at radius 2 is 2.04 bits per heavy atom. The molecule has 1 N–H and O–H groups in total. The van der Waals surface area contributed by atoms with E-state index in [9.17, 15) is 18.0 Å². The number of nitrogens with zero attached hydrogens (tertiary/aromatic N) is 4. The van der Waals surface area contributed by atoms with Crippen molar-refractivity contribution in [1.29, 1.82) is 0 Å². The van der Waals surface area contributed by atoms with Gasteiger partial charge in [0.1, 0.15) is 6.54 Å². The van der Waals surface area contributed by atoms with E-state index in [4.69, 9.17) is 0 Å². The summed E-state index contributed by atoms with van der Waals surface area (Å²) in [6.07, 6.45) is -0.0180. The Morgan fingerprint density at radius 1 is 1.33 bits per heavy atom. The first kappa shape index (κ1) is 18.0. The van der Waals surface area contributed by atoms with E-state index >= 15 is 0 Å². The van der Waals surface area contributed by atoms with Crippen LogP contribution in [0.1, 0.15) is 0 Å². The Morgan fingerprint density at radius 3 is 2.67 bits per heavy atom. The van der Waals surface area contributed by atoms with Crippen LogP contribution in [0.3, 0.4) is 0 Å². The van der Waals surface area contributed by atoms with Crippen LogP contribution >= 0.6 is 11.8 Å². The molecule has 2 heterocycles. The highest BCUT2D eigenvalue weighted by atomic mass is 32.2. The van der Waals surface area contributed by atoms with Crippen LogP contribution in [0.4, 0.5) is 13.2 Å². The van der Waals surface area contributed by atoms with Crippen molar-refractivity contribution >= 4 is 17.7 Å². The quantitative estimate of drug-likeness (QED) is 0.608. The van der Waals surface area contributed by atoms with Crippen molar-refractivity contribution in [1.82, 2.24) is 25.1 Å². The third-order valence-corrected chi connectivity index (χ3v) is 3.74.